The smallest absolute Gasteiger partial charge is 0.165 e. The Labute approximate surface area is 154 Å². The number of aromatic nitrogens is 3. The number of benzene rings is 1. The van der Waals surface area contributed by atoms with Crippen molar-refractivity contribution in [3.8, 4) is 11.1 Å². The predicted molar refractivity (Wildman–Crippen MR) is 105 cm³/mol. The molecule has 1 N–H and O–H groups in total. The van der Waals surface area contributed by atoms with Crippen LogP contribution in [0.3, 0.4) is 0 Å². The number of halogens is 1. The summed E-state index contributed by atoms with van der Waals surface area (Å²) in [5, 5.41) is 8.27. The molecule has 0 unspecified atom stereocenters. The largest absolute Gasteiger partial charge is 0.367 e. The minimum atomic E-state index is -0.245. The van der Waals surface area contributed by atoms with E-state index in [0.29, 0.717) is 6.04 Å². The Morgan fingerprint density at radius 2 is 1.85 bits per heavy atom. The summed E-state index contributed by atoms with van der Waals surface area (Å²) in [5.41, 5.74) is 4.45. The van der Waals surface area contributed by atoms with Gasteiger partial charge in [0.25, 0.3) is 0 Å². The van der Waals surface area contributed by atoms with Crippen LogP contribution < -0.4 is 5.32 Å². The van der Waals surface area contributed by atoms with Crippen molar-refractivity contribution in [1.82, 2.24) is 14.6 Å². The van der Waals surface area contributed by atoms with Gasteiger partial charge in [-0.05, 0) is 38.0 Å². The molecule has 0 aliphatic carbocycles. The lowest BCUT2D eigenvalue weighted by atomic mass is 9.91. The number of nitrogens with one attached hydrogen (secondary N) is 1. The van der Waals surface area contributed by atoms with Gasteiger partial charge in [-0.15, -0.1) is 0 Å². The molecule has 26 heavy (non-hydrogen) atoms. The highest BCUT2D eigenvalue weighted by molar-refractivity contribution is 5.81. The van der Waals surface area contributed by atoms with E-state index in [1.165, 1.54) is 12.1 Å². The lowest BCUT2D eigenvalue weighted by Crippen LogP contribution is -2.20. The monoisotopic (exact) mass is 354 g/mol. The molecule has 5 heteroatoms. The molecule has 138 valence electrons. The van der Waals surface area contributed by atoms with E-state index in [9.17, 15) is 4.39 Å². The number of aryl methyl sites for hydroxylation is 1. The molecule has 1 aromatic carbocycles. The fourth-order valence-electron chi connectivity index (χ4n) is 2.92. The average molecular weight is 354 g/mol. The number of nitrogens with zero attached hydrogens (tertiary/aromatic N) is 3. The van der Waals surface area contributed by atoms with E-state index in [-0.39, 0.29) is 11.2 Å². The molecule has 0 fully saturated rings. The van der Waals surface area contributed by atoms with Gasteiger partial charge in [0.1, 0.15) is 11.6 Å². The van der Waals surface area contributed by atoms with E-state index in [1.54, 1.807) is 12.1 Å². The molecule has 3 rings (SSSR count). The zero-order chi connectivity index (χ0) is 19.1. The van der Waals surface area contributed by atoms with Crippen LogP contribution in [0.25, 0.3) is 16.8 Å². The van der Waals surface area contributed by atoms with Gasteiger partial charge in [0.15, 0.2) is 5.65 Å². The maximum Gasteiger partial charge on any atom is 0.165 e. The maximum atomic E-state index is 13.4. The normalized spacial score (nSPS) is 13.2. The second-order valence-corrected chi connectivity index (χ2v) is 7.93. The molecule has 4 nitrogen and oxygen atoms in total. The van der Waals surface area contributed by atoms with Gasteiger partial charge >= 0.3 is 0 Å². The van der Waals surface area contributed by atoms with Crippen LogP contribution in [0.15, 0.2) is 30.3 Å². The number of anilines is 1. The molecule has 0 aliphatic heterocycles. The van der Waals surface area contributed by atoms with Crippen LogP contribution in [0.4, 0.5) is 10.2 Å². The first-order valence-corrected chi connectivity index (χ1v) is 9.14. The Morgan fingerprint density at radius 3 is 2.42 bits per heavy atom. The second-order valence-electron chi connectivity index (χ2n) is 7.93. The number of fused-ring (bicyclic) bond motifs is 1. The van der Waals surface area contributed by atoms with Crippen molar-refractivity contribution in [1.29, 1.82) is 0 Å². The highest BCUT2D eigenvalue weighted by Gasteiger charge is 2.22. The van der Waals surface area contributed by atoms with Crippen molar-refractivity contribution in [2.24, 2.45) is 0 Å². The van der Waals surface area contributed by atoms with Gasteiger partial charge in [0.05, 0.1) is 11.4 Å². The van der Waals surface area contributed by atoms with E-state index in [2.05, 4.69) is 46.0 Å². The van der Waals surface area contributed by atoms with Gasteiger partial charge in [-0.3, -0.25) is 0 Å². The van der Waals surface area contributed by atoms with E-state index in [4.69, 9.17) is 10.1 Å². The van der Waals surface area contributed by atoms with Crippen molar-refractivity contribution in [3.63, 3.8) is 0 Å². The lowest BCUT2D eigenvalue weighted by Gasteiger charge is -2.21. The highest BCUT2D eigenvalue weighted by Crippen LogP contribution is 2.32. The van der Waals surface area contributed by atoms with Crippen LogP contribution in [-0.2, 0) is 5.41 Å². The van der Waals surface area contributed by atoms with Crippen molar-refractivity contribution >= 4 is 11.5 Å². The zero-order valence-electron chi connectivity index (χ0n) is 16.4. The number of hydrogen-bond donors (Lipinski definition) is 1. The third-order valence-corrected chi connectivity index (χ3v) is 4.67. The fraction of sp³-hybridized carbons (Fsp3) is 0.429. The van der Waals surface area contributed by atoms with Crippen molar-refractivity contribution in [2.75, 3.05) is 5.32 Å². The number of hydrogen-bond acceptors (Lipinski definition) is 3. The third-order valence-electron chi connectivity index (χ3n) is 4.67. The zero-order valence-corrected chi connectivity index (χ0v) is 16.4. The average Bonchev–Trinajstić information content (AvgIpc) is 2.91. The van der Waals surface area contributed by atoms with Crippen LogP contribution in [0.2, 0.25) is 0 Å². The van der Waals surface area contributed by atoms with Gasteiger partial charge in [0, 0.05) is 23.1 Å². The summed E-state index contributed by atoms with van der Waals surface area (Å²) in [7, 11) is 0. The van der Waals surface area contributed by atoms with Crippen molar-refractivity contribution in [2.45, 2.75) is 59.4 Å². The van der Waals surface area contributed by atoms with E-state index in [0.717, 1.165) is 40.4 Å². The van der Waals surface area contributed by atoms with Crippen molar-refractivity contribution in [3.05, 3.63) is 47.5 Å². The Kier molecular flexibility index (Phi) is 4.74. The molecule has 1 atom stereocenters. The van der Waals surface area contributed by atoms with Crippen LogP contribution >= 0.6 is 0 Å². The summed E-state index contributed by atoms with van der Waals surface area (Å²) in [5.74, 6) is 0.691. The van der Waals surface area contributed by atoms with Crippen LogP contribution in [0.5, 0.6) is 0 Å². The molecule has 2 heterocycles. The summed E-state index contributed by atoms with van der Waals surface area (Å²) >= 11 is 0. The fourth-order valence-corrected chi connectivity index (χ4v) is 2.92. The van der Waals surface area contributed by atoms with Gasteiger partial charge in [0.2, 0.25) is 0 Å². The SMILES string of the molecule is CC[C@H](C)Nc1cc(C(C)(C)C)nc2c(-c3ccc(F)cc3)c(C)nn12. The summed E-state index contributed by atoms with van der Waals surface area (Å²) in [6.45, 7) is 12.7. The quantitative estimate of drug-likeness (QED) is 0.686. The van der Waals surface area contributed by atoms with Crippen molar-refractivity contribution < 1.29 is 4.39 Å². The molecular formula is C21H27FN4. The number of rotatable bonds is 4. The summed E-state index contributed by atoms with van der Waals surface area (Å²) in [6, 6.07) is 8.93. The molecular weight excluding hydrogens is 327 g/mol. The minimum absolute atomic E-state index is 0.0914. The molecule has 0 spiro atoms. The highest BCUT2D eigenvalue weighted by atomic mass is 19.1. The van der Waals surface area contributed by atoms with E-state index < -0.39 is 0 Å². The molecule has 0 saturated carbocycles. The molecule has 0 bridgehead atoms. The standard InChI is InChI=1S/C21H27FN4/c1-7-13(2)23-18-12-17(21(4,5)6)24-20-19(14(3)25-26(18)20)15-8-10-16(22)11-9-15/h8-13,23H,7H2,1-6H3/t13-/m0/s1. The first-order chi connectivity index (χ1) is 12.2. The predicted octanol–water partition coefficient (Wildman–Crippen LogP) is 5.35. The molecule has 3 aromatic rings. The summed E-state index contributed by atoms with van der Waals surface area (Å²) in [6.07, 6.45) is 1.01. The minimum Gasteiger partial charge on any atom is -0.367 e. The lowest BCUT2D eigenvalue weighted by molar-refractivity contribution is 0.568. The first-order valence-electron chi connectivity index (χ1n) is 9.14. The second kappa shape index (κ2) is 6.71. The third kappa shape index (κ3) is 3.43. The summed E-state index contributed by atoms with van der Waals surface area (Å²) < 4.78 is 15.2. The van der Waals surface area contributed by atoms with Gasteiger partial charge in [-0.25, -0.2) is 9.37 Å². The topological polar surface area (TPSA) is 42.2 Å². The first kappa shape index (κ1) is 18.4. The van der Waals surface area contributed by atoms with Gasteiger partial charge < -0.3 is 5.32 Å². The molecule has 2 aromatic heterocycles. The van der Waals surface area contributed by atoms with E-state index in [1.807, 2.05) is 11.4 Å². The Balaban J connectivity index is 2.28. The Bertz CT molecular complexity index is 920. The molecule has 0 saturated heterocycles. The molecule has 0 radical (unpaired) electrons. The summed E-state index contributed by atoms with van der Waals surface area (Å²) in [4.78, 5) is 4.93. The molecule has 0 aliphatic rings. The maximum absolute atomic E-state index is 13.4. The van der Waals surface area contributed by atoms with Crippen LogP contribution in [0.1, 0.15) is 52.4 Å². The van der Waals surface area contributed by atoms with Gasteiger partial charge in [-0.2, -0.15) is 9.61 Å². The van der Waals surface area contributed by atoms with E-state index >= 15 is 0 Å². The van der Waals surface area contributed by atoms with Crippen LogP contribution in [-0.4, -0.2) is 20.6 Å². The van der Waals surface area contributed by atoms with Crippen LogP contribution in [0, 0.1) is 12.7 Å². The molecule has 0 amide bonds. The Morgan fingerprint density at radius 1 is 1.19 bits per heavy atom. The van der Waals surface area contributed by atoms with Gasteiger partial charge in [-0.1, -0.05) is 39.8 Å². The Hall–Kier alpha value is -2.43.